The van der Waals surface area contributed by atoms with Gasteiger partial charge in [0.05, 0.1) is 5.92 Å². The van der Waals surface area contributed by atoms with Crippen molar-refractivity contribution in [2.75, 3.05) is 0 Å². The van der Waals surface area contributed by atoms with E-state index in [0.717, 1.165) is 6.42 Å². The molecule has 0 N–H and O–H groups in total. The van der Waals surface area contributed by atoms with E-state index in [0.29, 0.717) is 5.92 Å². The number of hydrogen-bond donors (Lipinski definition) is 0. The van der Waals surface area contributed by atoms with Gasteiger partial charge in [-0.05, 0) is 19.8 Å². The fraction of sp³-hybridized carbons (Fsp3) is 0.889. The van der Waals surface area contributed by atoms with Gasteiger partial charge in [0.15, 0.2) is 0 Å². The van der Waals surface area contributed by atoms with Gasteiger partial charge in [-0.1, -0.05) is 13.8 Å². The van der Waals surface area contributed by atoms with Gasteiger partial charge in [0, 0.05) is 6.42 Å². The number of carbonyl (C=O) groups excluding carboxylic acids is 1. The lowest BCUT2D eigenvalue weighted by atomic mass is 9.89. The zero-order valence-corrected chi connectivity index (χ0v) is 7.68. The van der Waals surface area contributed by atoms with Crippen LogP contribution in [0.3, 0.4) is 0 Å². The predicted molar refractivity (Wildman–Crippen MR) is 43.1 cm³/mol. The number of rotatable bonds is 1. The number of hydrogen-bond acceptors (Lipinski definition) is 2. The maximum absolute atomic E-state index is 11.2. The Morgan fingerprint density at radius 3 is 2.27 bits per heavy atom. The topological polar surface area (TPSA) is 26.3 Å². The minimum Gasteiger partial charge on any atom is -0.459 e. The molecule has 1 aliphatic heterocycles. The van der Waals surface area contributed by atoms with Gasteiger partial charge in [-0.3, -0.25) is 4.79 Å². The first-order chi connectivity index (χ1) is 4.92. The highest BCUT2D eigenvalue weighted by Crippen LogP contribution is 2.34. The lowest BCUT2D eigenvalue weighted by Gasteiger charge is -2.15. The zero-order valence-electron chi connectivity index (χ0n) is 7.68. The van der Waals surface area contributed by atoms with Crippen molar-refractivity contribution in [2.24, 2.45) is 11.8 Å². The molecule has 2 heteroatoms. The van der Waals surface area contributed by atoms with E-state index in [1.807, 2.05) is 13.8 Å². The molecule has 2 nitrogen and oxygen atoms in total. The molecule has 0 spiro atoms. The molecule has 64 valence electrons. The van der Waals surface area contributed by atoms with Crippen molar-refractivity contribution in [1.82, 2.24) is 0 Å². The van der Waals surface area contributed by atoms with Crippen LogP contribution in [0.2, 0.25) is 0 Å². The molecule has 0 aliphatic carbocycles. The van der Waals surface area contributed by atoms with Crippen molar-refractivity contribution in [1.29, 1.82) is 0 Å². The third-order valence-corrected chi connectivity index (χ3v) is 2.20. The molecule has 0 aromatic heterocycles. The average molecular weight is 156 g/mol. The molecule has 1 rings (SSSR count). The molecule has 1 atom stereocenters. The molecule has 1 heterocycles. The number of ether oxygens (including phenoxy) is 1. The monoisotopic (exact) mass is 156 g/mol. The van der Waals surface area contributed by atoms with Gasteiger partial charge in [0.25, 0.3) is 0 Å². The maximum Gasteiger partial charge on any atom is 0.309 e. The zero-order chi connectivity index (χ0) is 8.65. The van der Waals surface area contributed by atoms with Crippen LogP contribution in [-0.2, 0) is 9.53 Å². The van der Waals surface area contributed by atoms with Crippen LogP contribution < -0.4 is 0 Å². The normalized spacial score (nSPS) is 29.2. The van der Waals surface area contributed by atoms with E-state index in [9.17, 15) is 4.79 Å². The lowest BCUT2D eigenvalue weighted by molar-refractivity contribution is -0.149. The van der Waals surface area contributed by atoms with E-state index in [2.05, 4.69) is 13.8 Å². The quantitative estimate of drug-likeness (QED) is 0.543. The molecule has 1 aliphatic rings. The number of esters is 1. The van der Waals surface area contributed by atoms with E-state index in [1.165, 1.54) is 0 Å². The highest BCUT2D eigenvalue weighted by atomic mass is 16.6. The molecule has 1 fully saturated rings. The SMILES string of the molecule is CC(C)C1CC(C)(C)OC1=O. The summed E-state index contributed by atoms with van der Waals surface area (Å²) >= 11 is 0. The maximum atomic E-state index is 11.2. The van der Waals surface area contributed by atoms with Crippen molar-refractivity contribution in [3.63, 3.8) is 0 Å². The van der Waals surface area contributed by atoms with Crippen molar-refractivity contribution in [2.45, 2.75) is 39.7 Å². The molecule has 1 saturated heterocycles. The van der Waals surface area contributed by atoms with Crippen LogP contribution in [0.15, 0.2) is 0 Å². The van der Waals surface area contributed by atoms with Crippen LogP contribution in [0.4, 0.5) is 0 Å². The van der Waals surface area contributed by atoms with Crippen LogP contribution in [-0.4, -0.2) is 11.6 Å². The van der Waals surface area contributed by atoms with Gasteiger partial charge in [-0.25, -0.2) is 0 Å². The van der Waals surface area contributed by atoms with Crippen LogP contribution in [0.1, 0.15) is 34.1 Å². The Balaban J connectivity index is 2.67. The summed E-state index contributed by atoms with van der Waals surface area (Å²) in [6, 6.07) is 0. The predicted octanol–water partition coefficient (Wildman–Crippen LogP) is 1.98. The molecule has 0 aromatic carbocycles. The van der Waals surface area contributed by atoms with Crippen molar-refractivity contribution < 1.29 is 9.53 Å². The van der Waals surface area contributed by atoms with Crippen molar-refractivity contribution in [3.05, 3.63) is 0 Å². The Morgan fingerprint density at radius 1 is 1.55 bits per heavy atom. The summed E-state index contributed by atoms with van der Waals surface area (Å²) in [5, 5.41) is 0. The summed E-state index contributed by atoms with van der Waals surface area (Å²) in [6.07, 6.45) is 0.865. The smallest absolute Gasteiger partial charge is 0.309 e. The molecule has 1 unspecified atom stereocenters. The fourth-order valence-corrected chi connectivity index (χ4v) is 1.51. The first kappa shape index (κ1) is 8.57. The van der Waals surface area contributed by atoms with Gasteiger partial charge in [0.2, 0.25) is 0 Å². The third-order valence-electron chi connectivity index (χ3n) is 2.20. The number of cyclic esters (lactones) is 1. The van der Waals surface area contributed by atoms with E-state index >= 15 is 0 Å². The lowest BCUT2D eigenvalue weighted by Crippen LogP contribution is -2.17. The van der Waals surface area contributed by atoms with Gasteiger partial charge in [-0.2, -0.15) is 0 Å². The van der Waals surface area contributed by atoms with E-state index in [1.54, 1.807) is 0 Å². The van der Waals surface area contributed by atoms with Crippen LogP contribution in [0.5, 0.6) is 0 Å². The second kappa shape index (κ2) is 2.50. The van der Waals surface area contributed by atoms with Gasteiger partial charge >= 0.3 is 5.97 Å². The van der Waals surface area contributed by atoms with Crippen LogP contribution >= 0.6 is 0 Å². The average Bonchev–Trinajstić information content (AvgIpc) is 2.05. The minimum atomic E-state index is -0.230. The Labute approximate surface area is 67.9 Å². The van der Waals surface area contributed by atoms with E-state index in [4.69, 9.17) is 4.74 Å². The standard InChI is InChI=1S/C9H16O2/c1-6(2)7-5-9(3,4)11-8(7)10/h6-7H,5H2,1-4H3. The highest BCUT2D eigenvalue weighted by Gasteiger charge is 2.41. The van der Waals surface area contributed by atoms with Crippen molar-refractivity contribution in [3.8, 4) is 0 Å². The Hall–Kier alpha value is -0.530. The molecule has 0 amide bonds. The molecule has 0 bridgehead atoms. The Kier molecular flexibility index (Phi) is 1.95. The molecule has 0 saturated carbocycles. The second-order valence-corrected chi connectivity index (χ2v) is 4.24. The number of carbonyl (C=O) groups is 1. The highest BCUT2D eigenvalue weighted by molar-refractivity contribution is 5.75. The van der Waals surface area contributed by atoms with Crippen molar-refractivity contribution >= 4 is 5.97 Å². The third kappa shape index (κ3) is 1.73. The Morgan fingerprint density at radius 2 is 2.09 bits per heavy atom. The van der Waals surface area contributed by atoms with E-state index < -0.39 is 0 Å². The molecular weight excluding hydrogens is 140 g/mol. The molecular formula is C9H16O2. The first-order valence-electron chi connectivity index (χ1n) is 4.15. The summed E-state index contributed by atoms with van der Waals surface area (Å²) in [7, 11) is 0. The van der Waals surface area contributed by atoms with Crippen LogP contribution in [0, 0.1) is 11.8 Å². The largest absolute Gasteiger partial charge is 0.459 e. The van der Waals surface area contributed by atoms with E-state index in [-0.39, 0.29) is 17.5 Å². The second-order valence-electron chi connectivity index (χ2n) is 4.24. The summed E-state index contributed by atoms with van der Waals surface area (Å²) in [6.45, 7) is 8.06. The minimum absolute atomic E-state index is 0.0231. The summed E-state index contributed by atoms with van der Waals surface area (Å²) in [4.78, 5) is 11.2. The van der Waals surface area contributed by atoms with Gasteiger partial charge in [0.1, 0.15) is 5.60 Å². The first-order valence-corrected chi connectivity index (χ1v) is 4.15. The molecule has 0 aromatic rings. The molecule has 11 heavy (non-hydrogen) atoms. The fourth-order valence-electron chi connectivity index (χ4n) is 1.51. The summed E-state index contributed by atoms with van der Waals surface area (Å²) in [5.74, 6) is 0.499. The van der Waals surface area contributed by atoms with Gasteiger partial charge < -0.3 is 4.74 Å². The molecule has 0 radical (unpaired) electrons. The summed E-state index contributed by atoms with van der Waals surface area (Å²) in [5.41, 5.74) is -0.230. The summed E-state index contributed by atoms with van der Waals surface area (Å²) < 4.78 is 5.18. The van der Waals surface area contributed by atoms with Crippen LogP contribution in [0.25, 0.3) is 0 Å². The van der Waals surface area contributed by atoms with Gasteiger partial charge in [-0.15, -0.1) is 0 Å². The Bertz CT molecular complexity index is 170.